The van der Waals surface area contributed by atoms with Gasteiger partial charge in [-0.05, 0) is 44.0 Å². The number of hydrogen-bond donors (Lipinski definition) is 1. The number of carbonyl (C=O) groups excluding carboxylic acids is 3. The average Bonchev–Trinajstić information content (AvgIpc) is 3.12. The number of ether oxygens (including phenoxy) is 1. The largest absolute Gasteiger partial charge is 0.465 e. The number of esters is 1. The molecule has 5 atom stereocenters. The minimum Gasteiger partial charge on any atom is -0.465 e. The van der Waals surface area contributed by atoms with Crippen molar-refractivity contribution >= 4 is 46.8 Å². The Kier molecular flexibility index (Phi) is 6.02. The van der Waals surface area contributed by atoms with E-state index < -0.39 is 33.3 Å². The lowest BCUT2D eigenvalue weighted by Crippen LogP contribution is -2.53. The van der Waals surface area contributed by atoms with Gasteiger partial charge in [-0.1, -0.05) is 35.9 Å². The van der Waals surface area contributed by atoms with Crippen LogP contribution in [-0.2, 0) is 19.1 Å². The Morgan fingerprint density at radius 2 is 1.88 bits per heavy atom. The predicted molar refractivity (Wildman–Crippen MR) is 131 cm³/mol. The summed E-state index contributed by atoms with van der Waals surface area (Å²) >= 11 is 7.57. The van der Waals surface area contributed by atoms with Crippen LogP contribution in [0.4, 0.5) is 5.69 Å². The third kappa shape index (κ3) is 3.49. The summed E-state index contributed by atoms with van der Waals surface area (Å²) in [6.07, 6.45) is 8.86. The first-order chi connectivity index (χ1) is 16.3. The van der Waals surface area contributed by atoms with Crippen molar-refractivity contribution < 1.29 is 24.2 Å². The molecule has 7 nitrogen and oxygen atoms in total. The molecular weight excluding hydrogens is 476 g/mol. The molecule has 0 bridgehead atoms. The van der Waals surface area contributed by atoms with E-state index in [9.17, 15) is 19.5 Å². The van der Waals surface area contributed by atoms with E-state index in [4.69, 9.17) is 16.3 Å². The van der Waals surface area contributed by atoms with Crippen LogP contribution in [0, 0.1) is 11.8 Å². The second-order valence-corrected chi connectivity index (χ2v) is 11.5. The number of cyclic esters (lactones) is 1. The Bertz CT molecular complexity index is 1080. The number of anilines is 1. The normalized spacial score (nSPS) is 34.8. The fourth-order valence-corrected chi connectivity index (χ4v) is 8.10. The van der Waals surface area contributed by atoms with Crippen molar-refractivity contribution in [1.82, 2.24) is 4.90 Å². The Labute approximate surface area is 207 Å². The number of carbonyl (C=O) groups is 3. The van der Waals surface area contributed by atoms with E-state index in [1.54, 1.807) is 34.1 Å². The minimum atomic E-state index is -0.919. The fraction of sp³-hybridized carbons (Fsp3) is 0.480. The number of nitrogens with zero attached hydrogens (tertiary/aromatic N) is 2. The van der Waals surface area contributed by atoms with Crippen LogP contribution in [0.3, 0.4) is 0 Å². The number of aliphatic hydroxyl groups is 1. The second-order valence-electron chi connectivity index (χ2n) is 9.29. The molecule has 5 rings (SSSR count). The topological polar surface area (TPSA) is 87.1 Å². The number of amides is 2. The average molecular weight is 503 g/mol. The molecule has 0 radical (unpaired) electrons. The molecule has 4 aliphatic rings. The summed E-state index contributed by atoms with van der Waals surface area (Å²) in [7, 11) is 0. The van der Waals surface area contributed by atoms with Crippen molar-refractivity contribution in [2.75, 3.05) is 31.2 Å². The van der Waals surface area contributed by atoms with Crippen molar-refractivity contribution in [2.45, 2.75) is 35.3 Å². The summed E-state index contributed by atoms with van der Waals surface area (Å²) in [5.74, 6) is -2.27. The molecular formula is C25H27ClN2O5S. The van der Waals surface area contributed by atoms with E-state index in [1.165, 1.54) is 11.8 Å². The molecule has 34 heavy (non-hydrogen) atoms. The molecule has 9 heteroatoms. The minimum absolute atomic E-state index is 0.0990. The van der Waals surface area contributed by atoms with E-state index in [0.29, 0.717) is 30.1 Å². The van der Waals surface area contributed by atoms with Crippen LogP contribution >= 0.6 is 23.4 Å². The third-order valence-corrected chi connectivity index (χ3v) is 9.26. The van der Waals surface area contributed by atoms with Crippen molar-refractivity contribution in [2.24, 2.45) is 11.8 Å². The van der Waals surface area contributed by atoms with Gasteiger partial charge in [0.05, 0.1) is 23.2 Å². The number of fused-ring (bicyclic) bond motifs is 2. The molecule has 1 aromatic rings. The summed E-state index contributed by atoms with van der Waals surface area (Å²) < 4.78 is 3.92. The van der Waals surface area contributed by atoms with Gasteiger partial charge in [0.25, 0.3) is 5.91 Å². The Balaban J connectivity index is 1.63. The molecule has 180 valence electrons. The molecule has 4 heterocycles. The number of thioether (sulfide) groups is 1. The van der Waals surface area contributed by atoms with E-state index >= 15 is 0 Å². The second kappa shape index (κ2) is 8.73. The van der Waals surface area contributed by atoms with Crippen molar-refractivity contribution in [3.63, 3.8) is 0 Å². The molecule has 2 fully saturated rings. The Hall–Kier alpha value is -2.29. The van der Waals surface area contributed by atoms with Crippen LogP contribution in [0.25, 0.3) is 0 Å². The Morgan fingerprint density at radius 3 is 2.62 bits per heavy atom. The maximum absolute atomic E-state index is 14.1. The first-order valence-electron chi connectivity index (χ1n) is 11.5. The summed E-state index contributed by atoms with van der Waals surface area (Å²) in [5.41, 5.74) is 0.689. The van der Waals surface area contributed by atoms with Gasteiger partial charge >= 0.3 is 5.97 Å². The van der Waals surface area contributed by atoms with E-state index in [2.05, 4.69) is 0 Å². The molecule has 1 unspecified atom stereocenters. The van der Waals surface area contributed by atoms with Gasteiger partial charge in [0.1, 0.15) is 6.04 Å². The highest BCUT2D eigenvalue weighted by Crippen LogP contribution is 2.65. The van der Waals surface area contributed by atoms with E-state index in [0.717, 1.165) is 0 Å². The first-order valence-corrected chi connectivity index (χ1v) is 12.7. The third-order valence-electron chi connectivity index (χ3n) is 7.22. The molecule has 0 aromatic heterocycles. The van der Waals surface area contributed by atoms with Crippen LogP contribution < -0.4 is 4.90 Å². The van der Waals surface area contributed by atoms with Gasteiger partial charge in [-0.2, -0.15) is 0 Å². The molecule has 0 saturated carbocycles. The van der Waals surface area contributed by atoms with E-state index in [-0.39, 0.29) is 31.6 Å². The van der Waals surface area contributed by atoms with Gasteiger partial charge in [-0.3, -0.25) is 14.4 Å². The lowest BCUT2D eigenvalue weighted by molar-refractivity contribution is -0.154. The molecule has 2 amide bonds. The molecule has 1 N–H and O–H groups in total. The number of hydrogen-bond acceptors (Lipinski definition) is 6. The van der Waals surface area contributed by atoms with E-state index in [1.807, 2.05) is 31.2 Å². The van der Waals surface area contributed by atoms with Crippen LogP contribution in [0.5, 0.6) is 0 Å². The van der Waals surface area contributed by atoms with Gasteiger partial charge in [0.15, 0.2) is 0 Å². The lowest BCUT2D eigenvalue weighted by Gasteiger charge is -2.37. The van der Waals surface area contributed by atoms with Gasteiger partial charge < -0.3 is 19.6 Å². The molecule has 1 spiro atoms. The highest BCUT2D eigenvalue weighted by Gasteiger charge is 2.73. The zero-order valence-corrected chi connectivity index (χ0v) is 20.4. The van der Waals surface area contributed by atoms with Gasteiger partial charge in [0, 0.05) is 35.2 Å². The highest BCUT2D eigenvalue weighted by atomic mass is 35.5. The molecule has 2 saturated heterocycles. The predicted octanol–water partition coefficient (Wildman–Crippen LogP) is 2.82. The van der Waals surface area contributed by atoms with Crippen LogP contribution in [0.1, 0.15) is 19.8 Å². The zero-order chi connectivity index (χ0) is 24.1. The maximum Gasteiger partial charge on any atom is 0.311 e. The van der Waals surface area contributed by atoms with Crippen LogP contribution in [0.15, 0.2) is 48.6 Å². The number of benzene rings is 1. The highest BCUT2D eigenvalue weighted by molar-refractivity contribution is 8.02. The van der Waals surface area contributed by atoms with Gasteiger partial charge in [-0.15, -0.1) is 11.8 Å². The smallest absolute Gasteiger partial charge is 0.311 e. The number of rotatable bonds is 4. The molecule has 1 aromatic carbocycles. The number of halogens is 1. The standard InChI is InChI=1S/C25H27ClN2O5S/c1-24-10-2-3-15-33-23(32)19(24)18-21(30)28(13-5-14-29)20-22(31)27(12-4-11-25(18,20)34-24)17-8-6-16(26)7-9-17/h2,4,6-11,18-20,29H,3,5,12-15H2,1H3/t18-,19+,20?,24-,25-/m0/s1. The Morgan fingerprint density at radius 1 is 1.12 bits per heavy atom. The fourth-order valence-electron chi connectivity index (χ4n) is 5.82. The van der Waals surface area contributed by atoms with Gasteiger partial charge in [0.2, 0.25) is 5.91 Å². The SMILES string of the molecule is C[C@]12C=CCCOC(=O)[C@H]1[C@H]1C(=O)N(CCCO)C3C(=O)N(c4ccc(Cl)cc4)CC=C[C@@]31S2. The summed E-state index contributed by atoms with van der Waals surface area (Å²) in [6.45, 7) is 2.72. The van der Waals surface area contributed by atoms with Crippen molar-refractivity contribution in [3.8, 4) is 0 Å². The number of likely N-dealkylation sites (tertiary alicyclic amines) is 1. The monoisotopic (exact) mass is 502 g/mol. The lowest BCUT2D eigenvalue weighted by atomic mass is 9.74. The van der Waals surface area contributed by atoms with Crippen LogP contribution in [-0.4, -0.2) is 69.6 Å². The summed E-state index contributed by atoms with van der Waals surface area (Å²) in [4.78, 5) is 44.5. The number of aliphatic hydroxyl groups excluding tert-OH is 1. The quantitative estimate of drug-likeness (QED) is 0.503. The van der Waals surface area contributed by atoms with Crippen LogP contribution in [0.2, 0.25) is 5.02 Å². The van der Waals surface area contributed by atoms with Crippen molar-refractivity contribution in [1.29, 1.82) is 0 Å². The maximum atomic E-state index is 14.1. The van der Waals surface area contributed by atoms with Crippen molar-refractivity contribution in [3.05, 3.63) is 53.6 Å². The first kappa shape index (κ1) is 23.5. The van der Waals surface area contributed by atoms with Gasteiger partial charge in [-0.25, -0.2) is 0 Å². The summed E-state index contributed by atoms with van der Waals surface area (Å²) in [5, 5.41) is 10.0. The summed E-state index contributed by atoms with van der Waals surface area (Å²) in [6, 6.07) is 6.23. The molecule has 0 aliphatic carbocycles. The zero-order valence-electron chi connectivity index (χ0n) is 18.9. The molecule has 4 aliphatic heterocycles.